The predicted octanol–water partition coefficient (Wildman–Crippen LogP) is 3.14. The molecular formula is C19H21F4N3O3. The third-order valence-corrected chi connectivity index (χ3v) is 4.75. The van der Waals surface area contributed by atoms with Gasteiger partial charge in [0.15, 0.2) is 11.5 Å². The number of halogens is 4. The Morgan fingerprint density at radius 3 is 2.24 bits per heavy atom. The molecule has 1 fully saturated rings. The van der Waals surface area contributed by atoms with Crippen LogP contribution in [0.1, 0.15) is 11.6 Å². The van der Waals surface area contributed by atoms with Crippen molar-refractivity contribution in [1.29, 1.82) is 0 Å². The van der Waals surface area contributed by atoms with E-state index in [1.807, 2.05) is 4.90 Å². The first-order valence-electron chi connectivity index (χ1n) is 8.93. The number of hydrogen-bond acceptors (Lipinski definition) is 6. The van der Waals surface area contributed by atoms with E-state index < -0.39 is 29.2 Å². The molecule has 2 aromatic rings. The number of aromatic nitrogens is 1. The lowest BCUT2D eigenvalue weighted by atomic mass is 10.0. The molecule has 1 N–H and O–H groups in total. The van der Waals surface area contributed by atoms with Crippen molar-refractivity contribution in [2.75, 3.05) is 52.4 Å². The highest BCUT2D eigenvalue weighted by molar-refractivity contribution is 5.47. The van der Waals surface area contributed by atoms with E-state index in [9.17, 15) is 17.6 Å². The number of methoxy groups -OCH3 is 2. The van der Waals surface area contributed by atoms with Gasteiger partial charge in [0.2, 0.25) is 11.6 Å². The molecule has 0 bridgehead atoms. The highest BCUT2D eigenvalue weighted by Crippen LogP contribution is 2.33. The Morgan fingerprint density at radius 1 is 1.03 bits per heavy atom. The highest BCUT2D eigenvalue weighted by Gasteiger charge is 2.26. The fourth-order valence-corrected chi connectivity index (χ4v) is 3.25. The summed E-state index contributed by atoms with van der Waals surface area (Å²) in [6, 6.07) is 4.89. The zero-order chi connectivity index (χ0) is 21.0. The Hall–Kier alpha value is -2.59. The van der Waals surface area contributed by atoms with Crippen LogP contribution in [0.4, 0.5) is 23.2 Å². The van der Waals surface area contributed by atoms with Gasteiger partial charge in [-0.05, 0) is 17.7 Å². The molecule has 6 nitrogen and oxygen atoms in total. The molecule has 158 valence electrons. The Morgan fingerprint density at radius 2 is 1.66 bits per heavy atom. The van der Waals surface area contributed by atoms with Gasteiger partial charge < -0.3 is 19.5 Å². The second kappa shape index (κ2) is 9.27. The largest absolute Gasteiger partial charge is 0.493 e. The topological polar surface area (TPSA) is 55.9 Å². The average molecular weight is 415 g/mol. The van der Waals surface area contributed by atoms with E-state index >= 15 is 0 Å². The molecule has 1 saturated heterocycles. The van der Waals surface area contributed by atoms with Crippen LogP contribution in [0.5, 0.6) is 11.5 Å². The molecule has 0 saturated carbocycles. The third kappa shape index (κ3) is 4.54. The molecule has 2 heterocycles. The van der Waals surface area contributed by atoms with Crippen molar-refractivity contribution < 1.29 is 31.8 Å². The van der Waals surface area contributed by atoms with Crippen molar-refractivity contribution in [3.8, 4) is 11.5 Å². The van der Waals surface area contributed by atoms with Gasteiger partial charge in [-0.3, -0.25) is 4.90 Å². The van der Waals surface area contributed by atoms with Gasteiger partial charge in [0, 0.05) is 19.6 Å². The lowest BCUT2D eigenvalue weighted by Gasteiger charge is -2.35. The summed E-state index contributed by atoms with van der Waals surface area (Å²) >= 11 is 0. The molecule has 1 aliphatic heterocycles. The summed E-state index contributed by atoms with van der Waals surface area (Å²) in [6.07, 6.45) is 0. The van der Waals surface area contributed by atoms with Crippen LogP contribution in [0.3, 0.4) is 0 Å². The number of benzene rings is 1. The van der Waals surface area contributed by atoms with E-state index in [1.165, 1.54) is 14.2 Å². The average Bonchev–Trinajstić information content (AvgIpc) is 2.75. The molecule has 1 atom stereocenters. The second-order valence-electron chi connectivity index (χ2n) is 6.36. The quantitative estimate of drug-likeness (QED) is 0.554. The number of nitrogens with zero attached hydrogens (tertiary/aromatic N) is 2. The Bertz CT molecular complexity index is 837. The second-order valence-corrected chi connectivity index (χ2v) is 6.36. The number of ether oxygens (including phenoxy) is 3. The number of morpholine rings is 1. The first-order chi connectivity index (χ1) is 14.0. The van der Waals surface area contributed by atoms with E-state index in [2.05, 4.69) is 10.3 Å². The van der Waals surface area contributed by atoms with Crippen LogP contribution in [0, 0.1) is 23.5 Å². The molecule has 1 unspecified atom stereocenters. The van der Waals surface area contributed by atoms with Gasteiger partial charge in [0.25, 0.3) is 11.9 Å². The van der Waals surface area contributed by atoms with Gasteiger partial charge in [-0.1, -0.05) is 6.07 Å². The van der Waals surface area contributed by atoms with Gasteiger partial charge in [-0.25, -0.2) is 0 Å². The van der Waals surface area contributed by atoms with Crippen molar-refractivity contribution in [3.05, 3.63) is 47.3 Å². The first kappa shape index (κ1) is 21.1. The van der Waals surface area contributed by atoms with E-state index in [0.29, 0.717) is 37.8 Å². The SMILES string of the molecule is COc1ccc(C(CNc2c(F)c(F)nc(F)c2F)N2CCOCC2)cc1OC. The van der Waals surface area contributed by atoms with Crippen LogP contribution in [-0.4, -0.2) is 57.0 Å². The van der Waals surface area contributed by atoms with Gasteiger partial charge in [-0.2, -0.15) is 22.5 Å². The van der Waals surface area contributed by atoms with Crippen LogP contribution in [0.15, 0.2) is 18.2 Å². The lowest BCUT2D eigenvalue weighted by Crippen LogP contribution is -2.41. The first-order valence-corrected chi connectivity index (χ1v) is 8.93. The van der Waals surface area contributed by atoms with Crippen LogP contribution in [0.25, 0.3) is 0 Å². The number of hydrogen-bond donors (Lipinski definition) is 1. The Balaban J connectivity index is 1.91. The standard InChI is InChI=1S/C19H21F4N3O3/c1-27-13-4-3-11(9-14(13)28-2)12(26-5-7-29-8-6-26)10-24-17-15(20)18(22)25-19(23)16(17)21/h3-4,9,12H,5-8,10H2,1-2H3,(H,24,25). The van der Waals surface area contributed by atoms with Crippen LogP contribution in [0.2, 0.25) is 0 Å². The number of nitrogens with one attached hydrogen (secondary N) is 1. The van der Waals surface area contributed by atoms with E-state index in [1.54, 1.807) is 18.2 Å². The van der Waals surface area contributed by atoms with E-state index in [0.717, 1.165) is 5.56 Å². The molecule has 3 rings (SSSR count). The summed E-state index contributed by atoms with van der Waals surface area (Å²) in [6.45, 7) is 2.11. The summed E-state index contributed by atoms with van der Waals surface area (Å²) in [7, 11) is 3.01. The lowest BCUT2D eigenvalue weighted by molar-refractivity contribution is 0.0186. The van der Waals surface area contributed by atoms with Crippen molar-refractivity contribution in [2.24, 2.45) is 0 Å². The summed E-state index contributed by atoms with van der Waals surface area (Å²) in [4.78, 5) is 4.61. The molecular weight excluding hydrogens is 394 g/mol. The van der Waals surface area contributed by atoms with Crippen molar-refractivity contribution in [1.82, 2.24) is 9.88 Å². The van der Waals surface area contributed by atoms with Gasteiger partial charge in [-0.15, -0.1) is 0 Å². The smallest absolute Gasteiger partial charge is 0.253 e. The molecule has 29 heavy (non-hydrogen) atoms. The monoisotopic (exact) mass is 415 g/mol. The van der Waals surface area contributed by atoms with Gasteiger partial charge in [0.1, 0.15) is 5.69 Å². The minimum Gasteiger partial charge on any atom is -0.493 e. The van der Waals surface area contributed by atoms with Crippen molar-refractivity contribution in [2.45, 2.75) is 6.04 Å². The summed E-state index contributed by atoms with van der Waals surface area (Å²) in [5.74, 6) is -5.54. The maximum absolute atomic E-state index is 14.0. The molecule has 0 amide bonds. The van der Waals surface area contributed by atoms with Gasteiger partial charge in [0.05, 0.1) is 33.5 Å². The molecule has 0 radical (unpaired) electrons. The molecule has 1 aromatic heterocycles. The Kier molecular flexibility index (Phi) is 6.75. The van der Waals surface area contributed by atoms with E-state index in [-0.39, 0.29) is 12.6 Å². The third-order valence-electron chi connectivity index (χ3n) is 4.75. The number of rotatable bonds is 7. The zero-order valence-corrected chi connectivity index (χ0v) is 16.0. The van der Waals surface area contributed by atoms with Crippen molar-refractivity contribution >= 4 is 5.69 Å². The normalized spacial score (nSPS) is 15.8. The minimum atomic E-state index is -1.71. The highest BCUT2D eigenvalue weighted by atomic mass is 19.2. The predicted molar refractivity (Wildman–Crippen MR) is 97.2 cm³/mol. The molecule has 1 aliphatic rings. The molecule has 0 spiro atoms. The van der Waals surface area contributed by atoms with Crippen LogP contribution >= 0.6 is 0 Å². The minimum absolute atomic E-state index is 0.0216. The van der Waals surface area contributed by atoms with Crippen molar-refractivity contribution in [3.63, 3.8) is 0 Å². The zero-order valence-electron chi connectivity index (χ0n) is 16.0. The van der Waals surface area contributed by atoms with Crippen LogP contribution in [-0.2, 0) is 4.74 Å². The van der Waals surface area contributed by atoms with E-state index in [4.69, 9.17) is 14.2 Å². The van der Waals surface area contributed by atoms with Crippen LogP contribution < -0.4 is 14.8 Å². The summed E-state index contributed by atoms with van der Waals surface area (Å²) < 4.78 is 70.7. The molecule has 10 heteroatoms. The summed E-state index contributed by atoms with van der Waals surface area (Å²) in [5.41, 5.74) is -0.124. The molecule has 0 aliphatic carbocycles. The maximum atomic E-state index is 14.0. The fraction of sp³-hybridized carbons (Fsp3) is 0.421. The number of pyridine rings is 1. The molecule has 1 aromatic carbocycles. The fourth-order valence-electron chi connectivity index (χ4n) is 3.25. The maximum Gasteiger partial charge on any atom is 0.253 e. The number of anilines is 1. The summed E-state index contributed by atoms with van der Waals surface area (Å²) in [5, 5.41) is 2.50. The van der Waals surface area contributed by atoms with Gasteiger partial charge >= 0.3 is 0 Å². The Labute approximate surface area is 165 Å².